The van der Waals surface area contributed by atoms with Crippen LogP contribution in [-0.2, 0) is 5.41 Å². The predicted molar refractivity (Wildman–Crippen MR) is 202 cm³/mol. The number of fused-ring (bicyclic) bond motifs is 5. The smallest absolute Gasteiger partial charge is 0.333 e. The van der Waals surface area contributed by atoms with Crippen LogP contribution in [-0.4, -0.2) is 6.85 Å². The molecule has 0 radical (unpaired) electrons. The van der Waals surface area contributed by atoms with Gasteiger partial charge in [0.25, 0.3) is 0 Å². The topological polar surface area (TPSA) is 6.48 Å². The zero-order valence-corrected chi connectivity index (χ0v) is 27.0. The van der Waals surface area contributed by atoms with Gasteiger partial charge in [-0.05, 0) is 68.7 Å². The van der Waals surface area contributed by atoms with E-state index in [1.54, 1.807) is 0 Å². The van der Waals surface area contributed by atoms with Crippen molar-refractivity contribution in [2.45, 2.75) is 26.2 Å². The Hall–Kier alpha value is -5.54. The van der Waals surface area contributed by atoms with Crippen molar-refractivity contribution in [3.8, 4) is 22.3 Å². The molecule has 2 heterocycles. The number of hydrogen-bond donors (Lipinski definition) is 0. The predicted octanol–water partition coefficient (Wildman–Crippen LogP) is 10.5. The van der Waals surface area contributed by atoms with E-state index in [0.29, 0.717) is 0 Å². The Morgan fingerprint density at radius 3 is 1.96 bits per heavy atom. The summed E-state index contributed by atoms with van der Waals surface area (Å²) in [5.41, 5.74) is 15.2. The number of rotatable bonds is 3. The molecule has 224 valence electrons. The first-order valence-corrected chi connectivity index (χ1v) is 16.6. The number of benzene rings is 7. The maximum Gasteiger partial charge on any atom is 0.333 e. The van der Waals surface area contributed by atoms with E-state index in [2.05, 4.69) is 188 Å². The van der Waals surface area contributed by atoms with E-state index in [4.69, 9.17) is 0 Å². The van der Waals surface area contributed by atoms with Gasteiger partial charge in [0.15, 0.2) is 0 Å². The van der Waals surface area contributed by atoms with Crippen LogP contribution >= 0.6 is 0 Å². The van der Waals surface area contributed by atoms with Crippen LogP contribution in [0.15, 0.2) is 158 Å². The lowest BCUT2D eigenvalue weighted by Gasteiger charge is -2.46. The van der Waals surface area contributed by atoms with E-state index in [9.17, 15) is 0 Å². The number of para-hydroxylation sites is 2. The molecule has 0 atom stereocenters. The minimum atomic E-state index is -0.0225. The van der Waals surface area contributed by atoms with Gasteiger partial charge in [-0.2, -0.15) is 0 Å². The summed E-state index contributed by atoms with van der Waals surface area (Å²) in [5.74, 6) is 0. The lowest BCUT2D eigenvalue weighted by Crippen LogP contribution is -2.61. The molecule has 7 aromatic carbocycles. The van der Waals surface area contributed by atoms with E-state index < -0.39 is 0 Å². The summed E-state index contributed by atoms with van der Waals surface area (Å²) in [5, 5.41) is 2.49. The summed E-state index contributed by atoms with van der Waals surface area (Å²) in [7, 11) is 0. The average Bonchev–Trinajstić information content (AvgIpc) is 3.11. The van der Waals surface area contributed by atoms with Crippen molar-refractivity contribution in [2.24, 2.45) is 0 Å². The van der Waals surface area contributed by atoms with E-state index in [0.717, 1.165) is 0 Å². The molecule has 9 rings (SSSR count). The highest BCUT2D eigenvalue weighted by Gasteiger charge is 2.45. The molecule has 2 aliphatic heterocycles. The van der Waals surface area contributed by atoms with Gasteiger partial charge in [0, 0.05) is 45.0 Å². The third-order valence-electron chi connectivity index (χ3n) is 10.00. The molecule has 0 unspecified atom stereocenters. The van der Waals surface area contributed by atoms with Crippen LogP contribution < -0.4 is 20.6 Å². The molecule has 47 heavy (non-hydrogen) atoms. The van der Waals surface area contributed by atoms with Crippen molar-refractivity contribution in [3.63, 3.8) is 0 Å². The van der Waals surface area contributed by atoms with Gasteiger partial charge >= 0.3 is 6.85 Å². The first-order valence-electron chi connectivity index (χ1n) is 16.6. The van der Waals surface area contributed by atoms with Crippen LogP contribution in [0.5, 0.6) is 0 Å². The fraction of sp³-hybridized carbons (Fsp3) is 0.0909. The molecule has 0 amide bonds. The van der Waals surface area contributed by atoms with Crippen molar-refractivity contribution in [2.75, 3.05) is 9.71 Å². The molecule has 0 saturated carbocycles. The Morgan fingerprint density at radius 1 is 0.489 bits per heavy atom. The van der Waals surface area contributed by atoms with Crippen molar-refractivity contribution >= 4 is 57.0 Å². The van der Waals surface area contributed by atoms with E-state index in [1.165, 1.54) is 78.0 Å². The van der Waals surface area contributed by atoms with Gasteiger partial charge in [0.2, 0.25) is 0 Å². The third kappa shape index (κ3) is 4.27. The number of hydrogen-bond acceptors (Lipinski definition) is 2. The summed E-state index contributed by atoms with van der Waals surface area (Å²) in [6.07, 6.45) is 0. The quantitative estimate of drug-likeness (QED) is 0.186. The fourth-order valence-electron chi connectivity index (χ4n) is 7.80. The maximum absolute atomic E-state index is 2.64. The largest absolute Gasteiger partial charge is 0.375 e. The summed E-state index contributed by atoms with van der Waals surface area (Å²) in [6, 6.07) is 58.3. The van der Waals surface area contributed by atoms with Gasteiger partial charge in [-0.3, -0.25) is 0 Å². The Balaban J connectivity index is 1.37. The molecular weight excluding hydrogens is 567 g/mol. The number of nitrogens with zero attached hydrogens (tertiary/aromatic N) is 2. The van der Waals surface area contributed by atoms with Crippen molar-refractivity contribution in [3.05, 3.63) is 163 Å². The summed E-state index contributed by atoms with van der Waals surface area (Å²) in [6.45, 7) is 6.81. The molecule has 0 bridgehead atoms. The van der Waals surface area contributed by atoms with Crippen LogP contribution in [0.2, 0.25) is 0 Å². The standard InChI is InChI=1S/C44H35BN2/c1-44(2,3)32-25-27-33(28-26-32)46-40-22-12-10-20-38(40)45-42-37(19-13-23-41(42)46)36-18-9-11-21-39(36)47(45)43-34-17-8-7-16-31(34)24-29-35(43)30-14-5-4-6-15-30/h4-29H,1-3H3. The van der Waals surface area contributed by atoms with E-state index in [-0.39, 0.29) is 12.3 Å². The maximum atomic E-state index is 2.64. The lowest BCUT2D eigenvalue weighted by molar-refractivity contribution is 0.590. The highest BCUT2D eigenvalue weighted by atomic mass is 15.2. The van der Waals surface area contributed by atoms with Crippen LogP contribution in [0.4, 0.5) is 28.4 Å². The van der Waals surface area contributed by atoms with Gasteiger partial charge in [-0.25, -0.2) is 0 Å². The molecule has 0 spiro atoms. The minimum absolute atomic E-state index is 0.0225. The second-order valence-electron chi connectivity index (χ2n) is 13.8. The zero-order valence-electron chi connectivity index (χ0n) is 27.0. The van der Waals surface area contributed by atoms with Crippen LogP contribution in [0.1, 0.15) is 26.3 Å². The SMILES string of the molecule is CC(C)(C)c1ccc(N2c3ccccc3B3c4c(cccc42)-c2ccccc2N3c2c(-c3ccccc3)ccc3ccccc23)cc1. The molecule has 7 aromatic rings. The second kappa shape index (κ2) is 10.5. The Kier molecular flexibility index (Phi) is 6.20. The molecule has 0 aromatic heterocycles. The van der Waals surface area contributed by atoms with Crippen LogP contribution in [0.3, 0.4) is 0 Å². The molecular formula is C44H35BN2. The Bertz CT molecular complexity index is 2300. The number of anilines is 5. The van der Waals surface area contributed by atoms with Gasteiger partial charge in [0.1, 0.15) is 0 Å². The summed E-state index contributed by atoms with van der Waals surface area (Å²) >= 11 is 0. The van der Waals surface area contributed by atoms with Crippen molar-refractivity contribution in [1.82, 2.24) is 0 Å². The van der Waals surface area contributed by atoms with E-state index >= 15 is 0 Å². The molecule has 3 heteroatoms. The van der Waals surface area contributed by atoms with Gasteiger partial charge in [0.05, 0.1) is 0 Å². The third-order valence-corrected chi connectivity index (χ3v) is 10.00. The van der Waals surface area contributed by atoms with Crippen molar-refractivity contribution < 1.29 is 0 Å². The minimum Gasteiger partial charge on any atom is -0.375 e. The fourth-order valence-corrected chi connectivity index (χ4v) is 7.80. The average molecular weight is 603 g/mol. The molecule has 0 aliphatic carbocycles. The van der Waals surface area contributed by atoms with Gasteiger partial charge in [-0.1, -0.05) is 148 Å². The normalized spacial score (nSPS) is 13.3. The summed E-state index contributed by atoms with van der Waals surface area (Å²) in [4.78, 5) is 5.12. The summed E-state index contributed by atoms with van der Waals surface area (Å²) < 4.78 is 0. The first kappa shape index (κ1) is 27.7. The van der Waals surface area contributed by atoms with Crippen molar-refractivity contribution in [1.29, 1.82) is 0 Å². The Labute approximate surface area is 277 Å². The molecule has 2 aliphatic rings. The first-order chi connectivity index (χ1) is 23.0. The molecule has 0 fully saturated rings. The zero-order chi connectivity index (χ0) is 31.7. The van der Waals surface area contributed by atoms with Gasteiger partial charge in [-0.15, -0.1) is 0 Å². The van der Waals surface area contributed by atoms with Crippen LogP contribution in [0, 0.1) is 0 Å². The molecule has 0 N–H and O–H groups in total. The lowest BCUT2D eigenvalue weighted by atomic mass is 9.43. The molecule has 0 saturated heterocycles. The van der Waals surface area contributed by atoms with Gasteiger partial charge < -0.3 is 9.71 Å². The monoisotopic (exact) mass is 602 g/mol. The molecule has 2 nitrogen and oxygen atoms in total. The highest BCUT2D eigenvalue weighted by molar-refractivity contribution is 6.93. The van der Waals surface area contributed by atoms with E-state index in [1.807, 2.05) is 0 Å². The highest BCUT2D eigenvalue weighted by Crippen LogP contribution is 2.49. The Morgan fingerprint density at radius 2 is 1.15 bits per heavy atom. The van der Waals surface area contributed by atoms with Crippen LogP contribution in [0.25, 0.3) is 33.0 Å². The second-order valence-corrected chi connectivity index (χ2v) is 13.8.